The topological polar surface area (TPSA) is 81.9 Å². The molecule has 22 heavy (non-hydrogen) atoms. The summed E-state index contributed by atoms with van der Waals surface area (Å²) in [6.07, 6.45) is 5.16. The largest absolute Gasteiger partial charge is 0.467 e. The highest BCUT2D eigenvalue weighted by Crippen LogP contribution is 2.32. The average Bonchev–Trinajstić information content (AvgIpc) is 2.89. The van der Waals surface area contributed by atoms with Crippen molar-refractivity contribution in [1.82, 2.24) is 25.1 Å². The first kappa shape index (κ1) is 15.9. The Labute approximate surface area is 129 Å². The number of aryl methyl sites for hydroxylation is 1. The number of nitrogens with one attached hydrogen (secondary N) is 1. The summed E-state index contributed by atoms with van der Waals surface area (Å²) in [6, 6.07) is 1.54. The maximum atomic E-state index is 12.5. The molecule has 118 valence electrons. The van der Waals surface area contributed by atoms with Crippen LogP contribution in [0.3, 0.4) is 0 Å². The summed E-state index contributed by atoms with van der Waals surface area (Å²) in [5.74, 6) is -0.274. The Bertz CT molecular complexity index is 660. The molecule has 0 spiro atoms. The Balaban J connectivity index is 2.25. The van der Waals surface area contributed by atoms with Crippen LogP contribution >= 0.6 is 0 Å². The predicted molar refractivity (Wildman–Crippen MR) is 81.5 cm³/mol. The van der Waals surface area contributed by atoms with Gasteiger partial charge in [0.2, 0.25) is 0 Å². The van der Waals surface area contributed by atoms with E-state index in [-0.39, 0.29) is 29.1 Å². The van der Waals surface area contributed by atoms with Crippen molar-refractivity contribution in [2.45, 2.75) is 26.8 Å². The molecule has 7 heteroatoms. The summed E-state index contributed by atoms with van der Waals surface area (Å²) in [4.78, 5) is 20.4. The van der Waals surface area contributed by atoms with E-state index in [0.717, 1.165) is 5.56 Å². The molecular weight excluding hydrogens is 282 g/mol. The number of carbonyl (C=O) groups excluding carboxylic acids is 1. The first-order valence-corrected chi connectivity index (χ1v) is 6.97. The molecule has 0 aromatic carbocycles. The summed E-state index contributed by atoms with van der Waals surface area (Å²) in [5.41, 5.74) is 1.05. The van der Waals surface area contributed by atoms with E-state index in [9.17, 15) is 4.79 Å². The van der Waals surface area contributed by atoms with Crippen LogP contribution in [0, 0.1) is 5.41 Å². The Kier molecular flexibility index (Phi) is 4.44. The van der Waals surface area contributed by atoms with Crippen LogP contribution in [0.25, 0.3) is 0 Å². The smallest absolute Gasteiger partial charge is 0.316 e. The van der Waals surface area contributed by atoms with Gasteiger partial charge in [0.05, 0.1) is 19.3 Å². The molecule has 2 aromatic heterocycles. The van der Waals surface area contributed by atoms with E-state index in [4.69, 9.17) is 4.74 Å². The van der Waals surface area contributed by atoms with Gasteiger partial charge in [-0.1, -0.05) is 20.8 Å². The molecule has 7 nitrogen and oxygen atoms in total. The molecule has 1 unspecified atom stereocenters. The van der Waals surface area contributed by atoms with Crippen LogP contribution in [0.5, 0.6) is 6.01 Å². The molecular formula is C15H21N5O2. The molecule has 2 rings (SSSR count). The number of hydrogen-bond acceptors (Lipinski definition) is 5. The molecule has 1 N–H and O–H groups in total. The van der Waals surface area contributed by atoms with Crippen LogP contribution in [0.2, 0.25) is 0 Å². The highest BCUT2D eigenvalue weighted by atomic mass is 16.5. The molecule has 2 aromatic rings. The quantitative estimate of drug-likeness (QED) is 0.930. The second kappa shape index (κ2) is 6.13. The van der Waals surface area contributed by atoms with Crippen LogP contribution in [0.1, 0.15) is 42.9 Å². The molecule has 0 bridgehead atoms. The Morgan fingerprint density at radius 3 is 2.68 bits per heavy atom. The summed E-state index contributed by atoms with van der Waals surface area (Å²) >= 11 is 0. The summed E-state index contributed by atoms with van der Waals surface area (Å²) in [5, 5.41) is 7.19. The molecule has 0 aliphatic carbocycles. The minimum absolute atomic E-state index is 0.168. The minimum atomic E-state index is -0.274. The van der Waals surface area contributed by atoms with Gasteiger partial charge in [-0.05, 0) is 11.5 Å². The minimum Gasteiger partial charge on any atom is -0.467 e. The summed E-state index contributed by atoms with van der Waals surface area (Å²) in [6.45, 7) is 6.18. The van der Waals surface area contributed by atoms with E-state index >= 15 is 0 Å². The maximum Gasteiger partial charge on any atom is 0.316 e. The van der Waals surface area contributed by atoms with Crippen LogP contribution in [0.4, 0.5) is 0 Å². The average molecular weight is 303 g/mol. The fraction of sp³-hybridized carbons (Fsp3) is 0.467. The van der Waals surface area contributed by atoms with Crippen molar-refractivity contribution in [2.24, 2.45) is 12.5 Å². The Morgan fingerprint density at radius 2 is 2.14 bits per heavy atom. The molecule has 0 aliphatic heterocycles. The number of methoxy groups -OCH3 is 1. The number of rotatable bonds is 4. The first-order chi connectivity index (χ1) is 10.3. The maximum absolute atomic E-state index is 12.5. The van der Waals surface area contributed by atoms with E-state index in [1.165, 1.54) is 13.3 Å². The molecule has 1 atom stereocenters. The third-order valence-corrected chi connectivity index (χ3v) is 3.25. The van der Waals surface area contributed by atoms with Gasteiger partial charge >= 0.3 is 6.01 Å². The number of aromatic nitrogens is 4. The van der Waals surface area contributed by atoms with Gasteiger partial charge < -0.3 is 10.1 Å². The number of nitrogens with zero attached hydrogens (tertiary/aromatic N) is 4. The summed E-state index contributed by atoms with van der Waals surface area (Å²) in [7, 11) is 3.31. The monoisotopic (exact) mass is 303 g/mol. The Hall–Kier alpha value is -2.44. The fourth-order valence-electron chi connectivity index (χ4n) is 2.16. The molecule has 0 aliphatic rings. The van der Waals surface area contributed by atoms with Gasteiger partial charge in [-0.3, -0.25) is 9.48 Å². The van der Waals surface area contributed by atoms with Crippen molar-refractivity contribution in [3.63, 3.8) is 0 Å². The van der Waals surface area contributed by atoms with Crippen LogP contribution in [-0.4, -0.2) is 32.8 Å². The lowest BCUT2D eigenvalue weighted by Gasteiger charge is -2.30. The van der Waals surface area contributed by atoms with E-state index in [0.29, 0.717) is 0 Å². The Morgan fingerprint density at radius 1 is 1.41 bits per heavy atom. The second-order valence-corrected chi connectivity index (χ2v) is 6.15. The van der Waals surface area contributed by atoms with Gasteiger partial charge in [0.25, 0.3) is 5.91 Å². The fourth-order valence-corrected chi connectivity index (χ4v) is 2.16. The number of carbonyl (C=O) groups is 1. The number of amides is 1. The van der Waals surface area contributed by atoms with Crippen molar-refractivity contribution in [1.29, 1.82) is 0 Å². The standard InChI is InChI=1S/C15H21N5O2/c1-15(2,3)12(10-8-17-20(4)9-10)19-13(21)11-6-7-16-14(18-11)22-5/h6-9,12H,1-5H3,(H,19,21). The first-order valence-electron chi connectivity index (χ1n) is 6.97. The number of hydrogen-bond donors (Lipinski definition) is 1. The third-order valence-electron chi connectivity index (χ3n) is 3.25. The van der Waals surface area contributed by atoms with Crippen molar-refractivity contribution in [2.75, 3.05) is 7.11 Å². The van der Waals surface area contributed by atoms with Crippen LogP contribution < -0.4 is 10.1 Å². The van der Waals surface area contributed by atoms with Gasteiger partial charge in [0, 0.05) is 25.0 Å². The zero-order valence-corrected chi connectivity index (χ0v) is 13.5. The van der Waals surface area contributed by atoms with Crippen molar-refractivity contribution in [3.8, 4) is 6.01 Å². The van der Waals surface area contributed by atoms with Gasteiger partial charge in [-0.25, -0.2) is 4.98 Å². The lowest BCUT2D eigenvalue weighted by molar-refractivity contribution is 0.0895. The highest BCUT2D eigenvalue weighted by molar-refractivity contribution is 5.92. The van der Waals surface area contributed by atoms with E-state index in [1.807, 2.05) is 13.2 Å². The van der Waals surface area contributed by atoms with E-state index in [2.05, 4.69) is 41.2 Å². The lowest BCUT2D eigenvalue weighted by Crippen LogP contribution is -2.36. The van der Waals surface area contributed by atoms with Gasteiger partial charge in [0.1, 0.15) is 5.69 Å². The molecule has 0 fully saturated rings. The molecule has 1 amide bonds. The number of ether oxygens (including phenoxy) is 1. The summed E-state index contributed by atoms with van der Waals surface area (Å²) < 4.78 is 6.67. The van der Waals surface area contributed by atoms with Gasteiger partial charge in [0.15, 0.2) is 0 Å². The van der Waals surface area contributed by atoms with Crippen molar-refractivity contribution < 1.29 is 9.53 Å². The second-order valence-electron chi connectivity index (χ2n) is 6.15. The van der Waals surface area contributed by atoms with Crippen LogP contribution in [0.15, 0.2) is 24.7 Å². The van der Waals surface area contributed by atoms with Gasteiger partial charge in [-0.2, -0.15) is 10.1 Å². The van der Waals surface area contributed by atoms with Crippen molar-refractivity contribution >= 4 is 5.91 Å². The zero-order chi connectivity index (χ0) is 16.3. The van der Waals surface area contributed by atoms with E-state index in [1.54, 1.807) is 16.9 Å². The lowest BCUT2D eigenvalue weighted by atomic mass is 9.83. The molecule has 0 saturated carbocycles. The van der Waals surface area contributed by atoms with Gasteiger partial charge in [-0.15, -0.1) is 0 Å². The third kappa shape index (κ3) is 3.60. The van der Waals surface area contributed by atoms with Crippen molar-refractivity contribution in [3.05, 3.63) is 35.9 Å². The highest BCUT2D eigenvalue weighted by Gasteiger charge is 2.29. The SMILES string of the molecule is COc1nccc(C(=O)NC(c2cnn(C)c2)C(C)(C)C)n1. The molecule has 2 heterocycles. The normalized spacial score (nSPS) is 12.8. The predicted octanol–water partition coefficient (Wildman–Crippen LogP) is 1.74. The zero-order valence-electron chi connectivity index (χ0n) is 13.5. The molecule has 0 saturated heterocycles. The molecule has 0 radical (unpaired) electrons. The van der Waals surface area contributed by atoms with Crippen LogP contribution in [-0.2, 0) is 7.05 Å². The van der Waals surface area contributed by atoms with E-state index < -0.39 is 0 Å².